The lowest BCUT2D eigenvalue weighted by Gasteiger charge is -2.11. The normalized spacial score (nSPS) is 11.3. The fourth-order valence-corrected chi connectivity index (χ4v) is 2.91. The molecule has 3 rings (SSSR count). The Kier molecular flexibility index (Phi) is 3.55. The minimum Gasteiger partial charge on any atom is -0.369 e. The number of halogens is 5. The predicted octanol–water partition coefficient (Wildman–Crippen LogP) is 4.96. The summed E-state index contributed by atoms with van der Waals surface area (Å²) in [4.78, 5) is 4.01. The minimum atomic E-state index is -1.05. The molecule has 0 spiro atoms. The summed E-state index contributed by atoms with van der Waals surface area (Å²) >= 11 is 15.5. The highest BCUT2D eigenvalue weighted by Gasteiger charge is 2.20. The van der Waals surface area contributed by atoms with Gasteiger partial charge in [0.25, 0.3) is 0 Å². The van der Waals surface area contributed by atoms with Crippen molar-refractivity contribution in [2.24, 2.45) is 0 Å². The summed E-state index contributed by atoms with van der Waals surface area (Å²) < 4.78 is 29.4. The van der Waals surface area contributed by atoms with Crippen LogP contribution in [-0.4, -0.2) is 9.55 Å². The second kappa shape index (κ2) is 5.12. The van der Waals surface area contributed by atoms with Gasteiger partial charge in [-0.2, -0.15) is 0 Å². The molecule has 2 aromatic carbocycles. The standard InChI is InChI=1S/C13H6BrCl2F2N3/c14-5-1-4-8(10(16)9(5)15)21-12-7(20-13(21)19)3-2-6(17)11(12)18/h1-4H,(H2,19,20). The third-order valence-electron chi connectivity index (χ3n) is 2.99. The molecule has 0 saturated carbocycles. The number of anilines is 1. The zero-order chi connectivity index (χ0) is 15.3. The van der Waals surface area contributed by atoms with Crippen LogP contribution in [0.5, 0.6) is 0 Å². The summed E-state index contributed by atoms with van der Waals surface area (Å²) in [6.45, 7) is 0. The Morgan fingerprint density at radius 3 is 2.52 bits per heavy atom. The molecular formula is C13H6BrCl2F2N3. The summed E-state index contributed by atoms with van der Waals surface area (Å²) in [5.41, 5.74) is 6.26. The molecule has 0 atom stereocenters. The van der Waals surface area contributed by atoms with Gasteiger partial charge >= 0.3 is 0 Å². The Bertz CT molecular complexity index is 880. The molecule has 0 bridgehead atoms. The maximum absolute atomic E-state index is 14.1. The lowest BCUT2D eigenvalue weighted by atomic mass is 10.2. The van der Waals surface area contributed by atoms with Crippen molar-refractivity contribution in [1.82, 2.24) is 9.55 Å². The summed E-state index contributed by atoms with van der Waals surface area (Å²) in [7, 11) is 0. The van der Waals surface area contributed by atoms with Crippen LogP contribution in [0.25, 0.3) is 16.7 Å². The van der Waals surface area contributed by atoms with Crippen molar-refractivity contribution in [2.45, 2.75) is 0 Å². The van der Waals surface area contributed by atoms with E-state index < -0.39 is 11.6 Å². The van der Waals surface area contributed by atoms with Crippen LogP contribution < -0.4 is 5.73 Å². The van der Waals surface area contributed by atoms with Crippen LogP contribution in [0.1, 0.15) is 0 Å². The van der Waals surface area contributed by atoms with E-state index in [0.717, 1.165) is 6.07 Å². The van der Waals surface area contributed by atoms with Gasteiger partial charge in [0.2, 0.25) is 5.95 Å². The SMILES string of the molecule is Nc1nc2ccc(F)c(F)c2n1-c1ccc(Br)c(Cl)c1Cl. The number of nitrogen functional groups attached to an aromatic ring is 1. The van der Waals surface area contributed by atoms with E-state index in [2.05, 4.69) is 20.9 Å². The Labute approximate surface area is 136 Å². The molecule has 0 aliphatic heterocycles. The van der Waals surface area contributed by atoms with Crippen LogP contribution in [0.4, 0.5) is 14.7 Å². The first-order valence-corrected chi connectivity index (χ1v) is 7.22. The van der Waals surface area contributed by atoms with Crippen molar-refractivity contribution in [3.63, 3.8) is 0 Å². The van der Waals surface area contributed by atoms with Gasteiger partial charge < -0.3 is 5.73 Å². The van der Waals surface area contributed by atoms with E-state index in [-0.39, 0.29) is 27.0 Å². The molecule has 0 aliphatic rings. The molecule has 3 nitrogen and oxygen atoms in total. The highest BCUT2D eigenvalue weighted by Crippen LogP contribution is 2.37. The van der Waals surface area contributed by atoms with Gasteiger partial charge in [-0.05, 0) is 40.2 Å². The Morgan fingerprint density at radius 2 is 1.81 bits per heavy atom. The van der Waals surface area contributed by atoms with Crippen LogP contribution in [0.15, 0.2) is 28.7 Å². The van der Waals surface area contributed by atoms with Gasteiger partial charge in [0.1, 0.15) is 5.52 Å². The van der Waals surface area contributed by atoms with Crippen LogP contribution in [-0.2, 0) is 0 Å². The zero-order valence-corrected chi connectivity index (χ0v) is 13.3. The van der Waals surface area contributed by atoms with E-state index in [0.29, 0.717) is 10.2 Å². The molecule has 0 amide bonds. The maximum atomic E-state index is 14.1. The first-order chi connectivity index (χ1) is 9.91. The van der Waals surface area contributed by atoms with Crippen molar-refractivity contribution in [1.29, 1.82) is 0 Å². The number of nitrogens with zero attached hydrogens (tertiary/aromatic N) is 2. The predicted molar refractivity (Wildman–Crippen MR) is 83.1 cm³/mol. The van der Waals surface area contributed by atoms with Gasteiger partial charge in [-0.3, -0.25) is 4.57 Å². The van der Waals surface area contributed by atoms with Crippen molar-refractivity contribution in [3.05, 3.63) is 50.4 Å². The number of hydrogen-bond donors (Lipinski definition) is 1. The largest absolute Gasteiger partial charge is 0.369 e. The molecule has 1 heterocycles. The van der Waals surface area contributed by atoms with Crippen LogP contribution in [0.2, 0.25) is 10.0 Å². The number of fused-ring (bicyclic) bond motifs is 1. The number of benzene rings is 2. The second-order valence-corrected chi connectivity index (χ2v) is 5.84. The van der Waals surface area contributed by atoms with Gasteiger partial charge in [-0.25, -0.2) is 13.8 Å². The van der Waals surface area contributed by atoms with Gasteiger partial charge in [0.05, 0.1) is 21.2 Å². The molecule has 3 aromatic rings. The number of imidazole rings is 1. The quantitative estimate of drug-likeness (QED) is 0.595. The van der Waals surface area contributed by atoms with E-state index in [1.807, 2.05) is 0 Å². The van der Waals surface area contributed by atoms with Gasteiger partial charge in [0, 0.05) is 4.47 Å². The molecule has 0 fully saturated rings. The van der Waals surface area contributed by atoms with E-state index in [9.17, 15) is 8.78 Å². The highest BCUT2D eigenvalue weighted by molar-refractivity contribution is 9.10. The molecule has 8 heteroatoms. The lowest BCUT2D eigenvalue weighted by molar-refractivity contribution is 0.514. The van der Waals surface area contributed by atoms with Crippen molar-refractivity contribution in [2.75, 3.05) is 5.73 Å². The van der Waals surface area contributed by atoms with E-state index in [1.54, 1.807) is 12.1 Å². The van der Waals surface area contributed by atoms with Crippen molar-refractivity contribution in [3.8, 4) is 5.69 Å². The first-order valence-electron chi connectivity index (χ1n) is 5.67. The third kappa shape index (κ3) is 2.18. The van der Waals surface area contributed by atoms with Gasteiger partial charge in [-0.15, -0.1) is 0 Å². The fraction of sp³-hybridized carbons (Fsp3) is 0. The second-order valence-electron chi connectivity index (χ2n) is 4.23. The maximum Gasteiger partial charge on any atom is 0.206 e. The van der Waals surface area contributed by atoms with Crippen LogP contribution in [0, 0.1) is 11.6 Å². The molecule has 0 unspecified atom stereocenters. The lowest BCUT2D eigenvalue weighted by Crippen LogP contribution is -2.03. The topological polar surface area (TPSA) is 43.8 Å². The average Bonchev–Trinajstić information content (AvgIpc) is 2.78. The first kappa shape index (κ1) is 14.6. The molecule has 0 aliphatic carbocycles. The summed E-state index contributed by atoms with van der Waals surface area (Å²) in [5.74, 6) is -2.07. The highest BCUT2D eigenvalue weighted by atomic mass is 79.9. The molecule has 1 aromatic heterocycles. The van der Waals surface area contributed by atoms with Crippen molar-refractivity contribution >= 4 is 56.1 Å². The minimum absolute atomic E-state index is 0.0187. The molecule has 21 heavy (non-hydrogen) atoms. The number of nitrogens with two attached hydrogens (primary N) is 1. The van der Waals surface area contributed by atoms with E-state index in [4.69, 9.17) is 28.9 Å². The molecule has 0 saturated heterocycles. The number of rotatable bonds is 1. The summed E-state index contributed by atoms with van der Waals surface area (Å²) in [6.07, 6.45) is 0. The molecule has 108 valence electrons. The average molecular weight is 393 g/mol. The zero-order valence-electron chi connectivity index (χ0n) is 10.2. The Morgan fingerprint density at radius 1 is 1.10 bits per heavy atom. The summed E-state index contributed by atoms with van der Waals surface area (Å²) in [5, 5.41) is 0.396. The Balaban J connectivity index is 2.43. The van der Waals surface area contributed by atoms with Crippen LogP contribution >= 0.6 is 39.1 Å². The van der Waals surface area contributed by atoms with Crippen LogP contribution in [0.3, 0.4) is 0 Å². The van der Waals surface area contributed by atoms with Gasteiger partial charge in [0.15, 0.2) is 11.6 Å². The number of hydrogen-bond acceptors (Lipinski definition) is 2. The molecule has 0 radical (unpaired) electrons. The third-order valence-corrected chi connectivity index (χ3v) is 4.75. The number of aromatic nitrogens is 2. The monoisotopic (exact) mass is 391 g/mol. The smallest absolute Gasteiger partial charge is 0.206 e. The van der Waals surface area contributed by atoms with E-state index in [1.165, 1.54) is 10.6 Å². The van der Waals surface area contributed by atoms with Gasteiger partial charge in [-0.1, -0.05) is 23.2 Å². The molecular weight excluding hydrogens is 387 g/mol. The fourth-order valence-electron chi connectivity index (χ4n) is 2.05. The van der Waals surface area contributed by atoms with E-state index >= 15 is 0 Å². The Hall–Kier alpha value is -1.37. The van der Waals surface area contributed by atoms with Crippen molar-refractivity contribution < 1.29 is 8.78 Å². The molecule has 2 N–H and O–H groups in total. The summed E-state index contributed by atoms with van der Waals surface area (Å²) in [6, 6.07) is 5.55.